The lowest BCUT2D eigenvalue weighted by Crippen LogP contribution is -2.30. The smallest absolute Gasteiger partial charge is 0.419 e. The second kappa shape index (κ2) is 9.72. The van der Waals surface area contributed by atoms with Crippen LogP contribution in [-0.4, -0.2) is 33.9 Å². The molecule has 0 aliphatic carbocycles. The highest BCUT2D eigenvalue weighted by Crippen LogP contribution is 2.35. The van der Waals surface area contributed by atoms with Crippen LogP contribution in [0.5, 0.6) is 0 Å². The number of alkyl carbamates (subject to hydrolysis) is 1. The zero-order chi connectivity index (χ0) is 20.7. The van der Waals surface area contributed by atoms with Crippen LogP contribution in [-0.2, 0) is 17.5 Å². The molecule has 10 heteroatoms. The standard InChI is InChI=1S/C18H18ClF3N2O4/c19-16-13(18(20,21)22)8-12(9-24-16)15(26)14(25)6-7-23-17(27)28-10-11-4-2-1-3-5-11/h1-5,8-9,14-15,25-26H,6-7,10H2,(H,23,27). The van der Waals surface area contributed by atoms with Gasteiger partial charge in [-0.05, 0) is 18.1 Å². The van der Waals surface area contributed by atoms with Crippen molar-refractivity contribution < 1.29 is 32.9 Å². The highest BCUT2D eigenvalue weighted by atomic mass is 35.5. The Bertz CT molecular complexity index is 790. The summed E-state index contributed by atoms with van der Waals surface area (Å²) in [5, 5.41) is 21.7. The van der Waals surface area contributed by atoms with E-state index in [9.17, 15) is 28.2 Å². The Labute approximate surface area is 163 Å². The maximum absolute atomic E-state index is 12.8. The Kier molecular flexibility index (Phi) is 7.61. The maximum Gasteiger partial charge on any atom is 0.419 e. The Hall–Kier alpha value is -2.36. The van der Waals surface area contributed by atoms with Crippen molar-refractivity contribution in [2.75, 3.05) is 6.54 Å². The SMILES string of the molecule is O=C(NCCC(O)C(O)c1cnc(Cl)c(C(F)(F)F)c1)OCc1ccccc1. The van der Waals surface area contributed by atoms with Crippen LogP contribution >= 0.6 is 11.6 Å². The number of aromatic nitrogens is 1. The Morgan fingerprint density at radius 2 is 1.93 bits per heavy atom. The van der Waals surface area contributed by atoms with Gasteiger partial charge in [0.2, 0.25) is 0 Å². The van der Waals surface area contributed by atoms with Crippen LogP contribution < -0.4 is 5.32 Å². The van der Waals surface area contributed by atoms with Crippen molar-refractivity contribution in [1.29, 1.82) is 0 Å². The molecule has 1 aromatic heterocycles. The average molecular weight is 419 g/mol. The van der Waals surface area contributed by atoms with Gasteiger partial charge in [0.25, 0.3) is 0 Å². The molecule has 0 saturated heterocycles. The van der Waals surface area contributed by atoms with Crippen LogP contribution in [0.3, 0.4) is 0 Å². The van der Waals surface area contributed by atoms with Crippen LogP contribution in [0.15, 0.2) is 42.6 Å². The number of nitrogens with zero attached hydrogens (tertiary/aromatic N) is 1. The molecule has 152 valence electrons. The molecule has 2 atom stereocenters. The fourth-order valence-electron chi connectivity index (χ4n) is 2.30. The highest BCUT2D eigenvalue weighted by molar-refractivity contribution is 6.30. The maximum atomic E-state index is 12.8. The van der Waals surface area contributed by atoms with Gasteiger partial charge < -0.3 is 20.3 Å². The molecule has 1 heterocycles. The molecule has 28 heavy (non-hydrogen) atoms. The number of aliphatic hydroxyl groups excluding tert-OH is 2. The van der Waals surface area contributed by atoms with Crippen LogP contribution in [0.2, 0.25) is 5.15 Å². The van der Waals surface area contributed by atoms with E-state index in [0.29, 0.717) is 6.07 Å². The summed E-state index contributed by atoms with van der Waals surface area (Å²) < 4.78 is 43.5. The normalized spacial score (nSPS) is 13.6. The molecule has 0 radical (unpaired) electrons. The predicted octanol–water partition coefficient (Wildman–Crippen LogP) is 3.46. The van der Waals surface area contributed by atoms with Crippen LogP contribution in [0.1, 0.15) is 29.2 Å². The molecule has 1 aromatic carbocycles. The van der Waals surface area contributed by atoms with Crippen molar-refractivity contribution >= 4 is 17.7 Å². The number of benzene rings is 1. The fourth-order valence-corrected chi connectivity index (χ4v) is 2.51. The van der Waals surface area contributed by atoms with E-state index in [1.807, 2.05) is 6.07 Å². The predicted molar refractivity (Wildman–Crippen MR) is 94.5 cm³/mol. The number of nitrogens with one attached hydrogen (secondary N) is 1. The fraction of sp³-hybridized carbons (Fsp3) is 0.333. The van der Waals surface area contributed by atoms with Crippen LogP contribution in [0.25, 0.3) is 0 Å². The summed E-state index contributed by atoms with van der Waals surface area (Å²) in [5.74, 6) is 0. The lowest BCUT2D eigenvalue weighted by molar-refractivity contribution is -0.137. The molecule has 0 spiro atoms. The molecular weight excluding hydrogens is 401 g/mol. The van der Waals surface area contributed by atoms with Gasteiger partial charge in [0.1, 0.15) is 17.9 Å². The number of halogens is 4. The largest absolute Gasteiger partial charge is 0.445 e. The first-order valence-corrected chi connectivity index (χ1v) is 8.59. The Morgan fingerprint density at radius 1 is 1.25 bits per heavy atom. The minimum absolute atomic E-state index is 0.0566. The molecule has 3 N–H and O–H groups in total. The first-order chi connectivity index (χ1) is 13.2. The van der Waals surface area contributed by atoms with Crippen molar-refractivity contribution in [3.8, 4) is 0 Å². The number of pyridine rings is 1. The highest BCUT2D eigenvalue weighted by Gasteiger charge is 2.35. The third-order valence-corrected chi connectivity index (χ3v) is 4.09. The minimum atomic E-state index is -4.74. The quantitative estimate of drug-likeness (QED) is 0.599. The second-order valence-electron chi connectivity index (χ2n) is 5.89. The molecule has 2 unspecified atom stereocenters. The third kappa shape index (κ3) is 6.36. The monoisotopic (exact) mass is 418 g/mol. The van der Waals surface area contributed by atoms with E-state index in [-0.39, 0.29) is 25.1 Å². The number of carbonyl (C=O) groups excluding carboxylic acids is 1. The van der Waals surface area contributed by atoms with Crippen molar-refractivity contribution in [3.63, 3.8) is 0 Å². The first kappa shape index (κ1) is 21.9. The number of carbonyl (C=O) groups is 1. The number of amides is 1. The van der Waals surface area contributed by atoms with E-state index in [4.69, 9.17) is 16.3 Å². The summed E-state index contributed by atoms with van der Waals surface area (Å²) in [5.41, 5.74) is -0.653. The van der Waals surface area contributed by atoms with E-state index < -0.39 is 35.2 Å². The van der Waals surface area contributed by atoms with Crippen molar-refractivity contribution in [2.24, 2.45) is 0 Å². The van der Waals surface area contributed by atoms with Gasteiger partial charge in [0.15, 0.2) is 0 Å². The first-order valence-electron chi connectivity index (χ1n) is 8.22. The van der Waals surface area contributed by atoms with Gasteiger partial charge in [-0.3, -0.25) is 0 Å². The number of hydrogen-bond acceptors (Lipinski definition) is 5. The summed E-state index contributed by atoms with van der Waals surface area (Å²) in [6.07, 6.45) is -7.70. The summed E-state index contributed by atoms with van der Waals surface area (Å²) in [7, 11) is 0. The Morgan fingerprint density at radius 3 is 2.57 bits per heavy atom. The molecular formula is C18H18ClF3N2O4. The molecule has 6 nitrogen and oxygen atoms in total. The van der Waals surface area contributed by atoms with Gasteiger partial charge in [-0.2, -0.15) is 13.2 Å². The van der Waals surface area contributed by atoms with Crippen molar-refractivity contribution in [2.45, 2.75) is 31.4 Å². The zero-order valence-electron chi connectivity index (χ0n) is 14.5. The van der Waals surface area contributed by atoms with E-state index in [1.165, 1.54) is 0 Å². The molecule has 1 amide bonds. The molecule has 0 aliphatic heterocycles. The van der Waals surface area contributed by atoms with Crippen LogP contribution in [0.4, 0.5) is 18.0 Å². The topological polar surface area (TPSA) is 91.7 Å². The van der Waals surface area contributed by atoms with Gasteiger partial charge in [0, 0.05) is 18.3 Å². The summed E-state index contributed by atoms with van der Waals surface area (Å²) in [6, 6.07) is 9.61. The second-order valence-corrected chi connectivity index (χ2v) is 6.25. The van der Waals surface area contributed by atoms with Crippen molar-refractivity contribution in [3.05, 3.63) is 64.4 Å². The zero-order valence-corrected chi connectivity index (χ0v) is 15.2. The van der Waals surface area contributed by atoms with Gasteiger partial charge in [-0.1, -0.05) is 41.9 Å². The average Bonchev–Trinajstić information content (AvgIpc) is 2.66. The third-order valence-electron chi connectivity index (χ3n) is 3.79. The van der Waals surface area contributed by atoms with E-state index in [1.54, 1.807) is 24.3 Å². The van der Waals surface area contributed by atoms with Crippen LogP contribution in [0, 0.1) is 0 Å². The molecule has 0 fully saturated rings. The Balaban J connectivity index is 1.82. The minimum Gasteiger partial charge on any atom is -0.445 e. The number of aliphatic hydroxyl groups is 2. The number of ether oxygens (including phenoxy) is 1. The molecule has 2 aromatic rings. The summed E-state index contributed by atoms with van der Waals surface area (Å²) >= 11 is 5.42. The lowest BCUT2D eigenvalue weighted by Gasteiger charge is -2.19. The summed E-state index contributed by atoms with van der Waals surface area (Å²) in [6.45, 7) is 0.00745. The van der Waals surface area contributed by atoms with Gasteiger partial charge in [-0.25, -0.2) is 9.78 Å². The van der Waals surface area contributed by atoms with E-state index >= 15 is 0 Å². The van der Waals surface area contributed by atoms with E-state index in [0.717, 1.165) is 11.8 Å². The number of hydrogen-bond donors (Lipinski definition) is 3. The molecule has 0 saturated carbocycles. The number of alkyl halides is 3. The number of rotatable bonds is 7. The molecule has 2 rings (SSSR count). The van der Waals surface area contributed by atoms with Gasteiger partial charge in [0.05, 0.1) is 11.7 Å². The molecule has 0 aliphatic rings. The summed E-state index contributed by atoms with van der Waals surface area (Å²) in [4.78, 5) is 15.0. The van der Waals surface area contributed by atoms with Crippen molar-refractivity contribution in [1.82, 2.24) is 10.3 Å². The lowest BCUT2D eigenvalue weighted by atomic mass is 10.0. The molecule has 0 bridgehead atoms. The van der Waals surface area contributed by atoms with Gasteiger partial charge >= 0.3 is 12.3 Å². The van der Waals surface area contributed by atoms with Gasteiger partial charge in [-0.15, -0.1) is 0 Å². The van der Waals surface area contributed by atoms with E-state index in [2.05, 4.69) is 10.3 Å².